The second kappa shape index (κ2) is 10.7. The molecule has 4 aromatic rings. The van der Waals surface area contributed by atoms with Crippen molar-refractivity contribution in [2.24, 2.45) is 0 Å². The fourth-order valence-corrected chi connectivity index (χ4v) is 4.86. The molecule has 0 unspecified atom stereocenters. The third-order valence-electron chi connectivity index (χ3n) is 6.16. The molecule has 0 spiro atoms. The molecule has 6 heteroatoms. The molecule has 0 fully saturated rings. The van der Waals surface area contributed by atoms with Crippen molar-refractivity contribution in [1.82, 2.24) is 10.3 Å². The molecule has 1 amide bonds. The van der Waals surface area contributed by atoms with E-state index in [4.69, 9.17) is 0 Å². The molecule has 4 rings (SSSR count). The summed E-state index contributed by atoms with van der Waals surface area (Å²) < 4.78 is 23.8. The topological polar surface area (TPSA) is 76.1 Å². The van der Waals surface area contributed by atoms with Gasteiger partial charge in [-0.2, -0.15) is 0 Å². The van der Waals surface area contributed by atoms with E-state index in [9.17, 15) is 13.2 Å². The Morgan fingerprint density at radius 1 is 0.919 bits per heavy atom. The van der Waals surface area contributed by atoms with Crippen LogP contribution in [0.1, 0.15) is 50.3 Å². The zero-order chi connectivity index (χ0) is 26.7. The maximum Gasteiger partial charge on any atom is 0.252 e. The van der Waals surface area contributed by atoms with Gasteiger partial charge in [0.15, 0.2) is 9.84 Å². The number of pyridine rings is 1. The summed E-state index contributed by atoms with van der Waals surface area (Å²) in [5, 5.41) is 4.05. The number of nitrogens with zero attached hydrogens (tertiary/aromatic N) is 1. The Morgan fingerprint density at radius 3 is 2.30 bits per heavy atom. The molecule has 1 N–H and O–H groups in total. The Kier molecular flexibility index (Phi) is 7.60. The minimum atomic E-state index is -3.33. The van der Waals surface area contributed by atoms with Crippen LogP contribution in [0.3, 0.4) is 0 Å². The molecule has 0 atom stereocenters. The molecule has 0 aliphatic rings. The van der Waals surface area contributed by atoms with E-state index in [0.717, 1.165) is 27.6 Å². The highest BCUT2D eigenvalue weighted by Gasteiger charge is 2.16. The molecule has 37 heavy (non-hydrogen) atoms. The Labute approximate surface area is 219 Å². The normalized spacial score (nSPS) is 12.4. The van der Waals surface area contributed by atoms with Crippen molar-refractivity contribution in [3.8, 4) is 11.1 Å². The summed E-state index contributed by atoms with van der Waals surface area (Å²) in [4.78, 5) is 18.1. The van der Waals surface area contributed by atoms with Crippen LogP contribution in [-0.4, -0.2) is 31.6 Å². The van der Waals surface area contributed by atoms with Gasteiger partial charge in [-0.1, -0.05) is 50.2 Å². The standard InChI is InChI=1S/C31H32N2O3S/c1-20(2)26-18-25-10-7-15-32-30(25)28(19-26)24-9-6-8-22(16-24)17-29(31(34)33-21(3)4)23-11-13-27(14-12-23)37(5,35)36/h6-21H,1-5H3,(H,33,34)/b29-17-. The first-order chi connectivity index (χ1) is 17.5. The second-order valence-electron chi connectivity index (χ2n) is 9.91. The van der Waals surface area contributed by atoms with Crippen LogP contribution in [0.4, 0.5) is 0 Å². The van der Waals surface area contributed by atoms with E-state index < -0.39 is 9.84 Å². The average molecular weight is 513 g/mol. The lowest BCUT2D eigenvalue weighted by Crippen LogP contribution is -2.30. The number of fused-ring (bicyclic) bond motifs is 1. The molecule has 3 aromatic carbocycles. The first-order valence-corrected chi connectivity index (χ1v) is 14.2. The van der Waals surface area contributed by atoms with E-state index in [1.807, 2.05) is 38.1 Å². The van der Waals surface area contributed by atoms with Crippen LogP contribution < -0.4 is 5.32 Å². The predicted octanol–water partition coefficient (Wildman–Crippen LogP) is 6.49. The van der Waals surface area contributed by atoms with Gasteiger partial charge < -0.3 is 5.32 Å². The van der Waals surface area contributed by atoms with Crippen molar-refractivity contribution in [1.29, 1.82) is 0 Å². The van der Waals surface area contributed by atoms with E-state index in [0.29, 0.717) is 17.1 Å². The molecule has 1 aromatic heterocycles. The fraction of sp³-hybridized carbons (Fsp3) is 0.226. The first-order valence-electron chi connectivity index (χ1n) is 12.3. The van der Waals surface area contributed by atoms with Gasteiger partial charge in [0.2, 0.25) is 0 Å². The van der Waals surface area contributed by atoms with Crippen molar-refractivity contribution in [3.05, 3.63) is 95.7 Å². The van der Waals surface area contributed by atoms with E-state index >= 15 is 0 Å². The number of rotatable bonds is 7. The number of amides is 1. The van der Waals surface area contributed by atoms with Crippen LogP contribution >= 0.6 is 0 Å². The average Bonchev–Trinajstić information content (AvgIpc) is 2.86. The molecule has 0 saturated heterocycles. The van der Waals surface area contributed by atoms with Gasteiger partial charge in [0.1, 0.15) is 0 Å². The summed E-state index contributed by atoms with van der Waals surface area (Å²) >= 11 is 0. The number of benzene rings is 3. The highest BCUT2D eigenvalue weighted by atomic mass is 32.2. The van der Waals surface area contributed by atoms with Crippen LogP contribution in [0, 0.1) is 0 Å². The largest absolute Gasteiger partial charge is 0.350 e. The van der Waals surface area contributed by atoms with Gasteiger partial charge in [-0.15, -0.1) is 0 Å². The van der Waals surface area contributed by atoms with Crippen molar-refractivity contribution < 1.29 is 13.2 Å². The summed E-state index contributed by atoms with van der Waals surface area (Å²) in [6, 6.07) is 22.8. The molecule has 1 heterocycles. The first kappa shape index (κ1) is 26.3. The van der Waals surface area contributed by atoms with Gasteiger partial charge in [-0.05, 0) is 84.5 Å². The summed E-state index contributed by atoms with van der Waals surface area (Å²) in [7, 11) is -3.33. The number of hydrogen-bond acceptors (Lipinski definition) is 4. The number of nitrogens with one attached hydrogen (secondary N) is 1. The maximum absolute atomic E-state index is 13.2. The van der Waals surface area contributed by atoms with Crippen molar-refractivity contribution in [2.75, 3.05) is 6.26 Å². The van der Waals surface area contributed by atoms with Gasteiger partial charge in [-0.3, -0.25) is 9.78 Å². The lowest BCUT2D eigenvalue weighted by molar-refractivity contribution is -0.116. The molecule has 0 bridgehead atoms. The van der Waals surface area contributed by atoms with E-state index in [2.05, 4.69) is 54.5 Å². The van der Waals surface area contributed by atoms with E-state index in [1.54, 1.807) is 18.3 Å². The molecular formula is C31H32N2O3S. The van der Waals surface area contributed by atoms with Gasteiger partial charge >= 0.3 is 0 Å². The molecule has 5 nitrogen and oxygen atoms in total. The van der Waals surface area contributed by atoms with Crippen LogP contribution in [0.5, 0.6) is 0 Å². The molecule has 0 aliphatic carbocycles. The number of hydrogen-bond donors (Lipinski definition) is 1. The lowest BCUT2D eigenvalue weighted by Gasteiger charge is -2.14. The predicted molar refractivity (Wildman–Crippen MR) is 152 cm³/mol. The Bertz CT molecular complexity index is 1580. The van der Waals surface area contributed by atoms with Gasteiger partial charge in [-0.25, -0.2) is 8.42 Å². The minimum Gasteiger partial charge on any atom is -0.350 e. The smallest absolute Gasteiger partial charge is 0.252 e. The van der Waals surface area contributed by atoms with Crippen molar-refractivity contribution in [2.45, 2.75) is 44.6 Å². The van der Waals surface area contributed by atoms with Gasteiger partial charge in [0.05, 0.1) is 10.4 Å². The van der Waals surface area contributed by atoms with Crippen LogP contribution in [-0.2, 0) is 14.6 Å². The summed E-state index contributed by atoms with van der Waals surface area (Å²) in [5.74, 6) is 0.147. The van der Waals surface area contributed by atoms with E-state index in [-0.39, 0.29) is 16.8 Å². The van der Waals surface area contributed by atoms with Crippen LogP contribution in [0.2, 0.25) is 0 Å². The van der Waals surface area contributed by atoms with Crippen molar-refractivity contribution in [3.63, 3.8) is 0 Å². The number of sulfone groups is 1. The summed E-state index contributed by atoms with van der Waals surface area (Å²) in [6.45, 7) is 8.16. The lowest BCUT2D eigenvalue weighted by atomic mass is 9.93. The SMILES string of the molecule is CC(C)NC(=O)/C(=C\c1cccc(-c2cc(C(C)C)cc3cccnc23)c1)c1ccc(S(C)(=O)=O)cc1. The molecule has 0 saturated carbocycles. The summed E-state index contributed by atoms with van der Waals surface area (Å²) in [6.07, 6.45) is 4.82. The third kappa shape index (κ3) is 6.15. The minimum absolute atomic E-state index is 0.0475. The van der Waals surface area contributed by atoms with Crippen LogP contribution in [0.15, 0.2) is 83.9 Å². The monoisotopic (exact) mass is 512 g/mol. The quantitative estimate of drug-likeness (QED) is 0.227. The number of aromatic nitrogens is 1. The molecule has 0 radical (unpaired) electrons. The number of carbonyl (C=O) groups is 1. The van der Waals surface area contributed by atoms with Gasteiger partial charge in [0, 0.05) is 35.0 Å². The Morgan fingerprint density at radius 2 is 1.65 bits per heavy atom. The summed E-state index contributed by atoms with van der Waals surface area (Å²) in [5.41, 5.74) is 6.19. The maximum atomic E-state index is 13.2. The zero-order valence-corrected chi connectivity index (χ0v) is 22.6. The van der Waals surface area contributed by atoms with Crippen LogP contribution in [0.25, 0.3) is 33.7 Å². The fourth-order valence-electron chi connectivity index (χ4n) is 4.23. The van der Waals surface area contributed by atoms with E-state index in [1.165, 1.54) is 24.0 Å². The Balaban J connectivity index is 1.84. The zero-order valence-electron chi connectivity index (χ0n) is 21.8. The molecule has 190 valence electrons. The molecule has 0 aliphatic heterocycles. The number of carbonyl (C=O) groups excluding carboxylic acids is 1. The second-order valence-corrected chi connectivity index (χ2v) is 11.9. The third-order valence-corrected chi connectivity index (χ3v) is 7.29. The highest BCUT2D eigenvalue weighted by molar-refractivity contribution is 7.90. The Hall–Kier alpha value is -3.77. The molecular weight excluding hydrogens is 480 g/mol. The highest BCUT2D eigenvalue weighted by Crippen LogP contribution is 2.32. The van der Waals surface area contributed by atoms with Crippen molar-refractivity contribution >= 4 is 38.3 Å². The van der Waals surface area contributed by atoms with Gasteiger partial charge in [0.25, 0.3) is 5.91 Å².